The van der Waals surface area contributed by atoms with Crippen LogP contribution in [0.2, 0.25) is 0 Å². The Morgan fingerprint density at radius 1 is 0.766 bits per heavy atom. The number of hydrogen-bond donors (Lipinski definition) is 1. The normalized spacial score (nSPS) is 19.9. The summed E-state index contributed by atoms with van der Waals surface area (Å²) in [6.07, 6.45) is -0.636. The van der Waals surface area contributed by atoms with Gasteiger partial charge in [0.15, 0.2) is 0 Å². The van der Waals surface area contributed by atoms with Gasteiger partial charge in [-0.25, -0.2) is 14.4 Å². The van der Waals surface area contributed by atoms with Crippen LogP contribution in [0.4, 0.5) is 14.4 Å². The second-order valence-electron chi connectivity index (χ2n) is 13.9. The van der Waals surface area contributed by atoms with Crippen LogP contribution in [0.1, 0.15) is 71.9 Å². The number of nitrogens with one attached hydrogen (secondary N) is 1. The monoisotopic (exact) mass is 652 g/mol. The SMILES string of the molecule is CC(C)(C)OC(=O)N1C[C@H](N(OCc2ccccc2)C(=O)OC(C)(C)C)CC[C@H]1C(=O)NC1CCN(C(=O)OCc2ccccc2)C1. The van der Waals surface area contributed by atoms with E-state index >= 15 is 0 Å². The van der Waals surface area contributed by atoms with Gasteiger partial charge in [-0.3, -0.25) is 14.5 Å². The third kappa shape index (κ3) is 10.9. The third-order valence-corrected chi connectivity index (χ3v) is 7.60. The first-order chi connectivity index (χ1) is 22.2. The summed E-state index contributed by atoms with van der Waals surface area (Å²) in [6, 6.07) is 17.1. The Kier molecular flexibility index (Phi) is 11.7. The van der Waals surface area contributed by atoms with Crippen LogP contribution in [0.3, 0.4) is 0 Å². The lowest BCUT2D eigenvalue weighted by atomic mass is 9.97. The molecule has 0 bridgehead atoms. The number of carbonyl (C=O) groups excluding carboxylic acids is 4. The van der Waals surface area contributed by atoms with E-state index in [-0.39, 0.29) is 38.1 Å². The van der Waals surface area contributed by atoms with Crippen molar-refractivity contribution in [3.63, 3.8) is 0 Å². The topological polar surface area (TPSA) is 127 Å². The molecule has 0 aliphatic carbocycles. The van der Waals surface area contributed by atoms with E-state index in [0.29, 0.717) is 25.9 Å². The van der Waals surface area contributed by atoms with Gasteiger partial charge in [-0.15, -0.1) is 0 Å². The maximum absolute atomic E-state index is 13.7. The highest BCUT2D eigenvalue weighted by atomic mass is 16.7. The molecule has 0 radical (unpaired) electrons. The van der Waals surface area contributed by atoms with Gasteiger partial charge in [0.05, 0.1) is 6.04 Å². The number of hydroxylamine groups is 2. The largest absolute Gasteiger partial charge is 0.445 e. The molecule has 3 atom stereocenters. The summed E-state index contributed by atoms with van der Waals surface area (Å²) in [4.78, 5) is 62.2. The summed E-state index contributed by atoms with van der Waals surface area (Å²) in [5, 5.41) is 4.21. The van der Waals surface area contributed by atoms with Gasteiger partial charge in [0.1, 0.15) is 30.5 Å². The Balaban J connectivity index is 1.43. The predicted molar refractivity (Wildman–Crippen MR) is 174 cm³/mol. The first kappa shape index (κ1) is 35.5. The van der Waals surface area contributed by atoms with E-state index in [1.807, 2.05) is 60.7 Å². The van der Waals surface area contributed by atoms with Crippen LogP contribution in [0.15, 0.2) is 60.7 Å². The molecule has 47 heavy (non-hydrogen) atoms. The van der Waals surface area contributed by atoms with Crippen molar-refractivity contribution in [3.8, 4) is 0 Å². The summed E-state index contributed by atoms with van der Waals surface area (Å²) < 4.78 is 16.8. The first-order valence-corrected chi connectivity index (χ1v) is 16.1. The van der Waals surface area contributed by atoms with Gasteiger partial charge in [0, 0.05) is 25.7 Å². The van der Waals surface area contributed by atoms with Crippen molar-refractivity contribution in [2.75, 3.05) is 19.6 Å². The van der Waals surface area contributed by atoms with Crippen LogP contribution in [-0.2, 0) is 37.1 Å². The standard InChI is InChI=1S/C35H48N4O8/c1-34(2,3)46-32(42)38-22-28(39(33(43)47-35(4,5)6)45-24-26-15-11-8-12-16-26)17-18-29(38)30(40)36-27-19-20-37(21-27)31(41)44-23-25-13-9-7-10-14-25/h7-16,27-29H,17-24H2,1-6H3,(H,36,40)/t27?,28-,29+/m1/s1. The lowest BCUT2D eigenvalue weighted by Crippen LogP contribution is -2.60. The van der Waals surface area contributed by atoms with Crippen LogP contribution in [-0.4, -0.2) is 88.0 Å². The van der Waals surface area contributed by atoms with Gasteiger partial charge in [0.25, 0.3) is 0 Å². The zero-order valence-corrected chi connectivity index (χ0v) is 28.3. The molecule has 0 saturated carbocycles. The van der Waals surface area contributed by atoms with E-state index in [2.05, 4.69) is 5.32 Å². The molecule has 4 rings (SSSR count). The summed E-state index contributed by atoms with van der Waals surface area (Å²) in [5.74, 6) is -0.354. The molecule has 2 aliphatic heterocycles. The Labute approximate surface area is 277 Å². The lowest BCUT2D eigenvalue weighted by Gasteiger charge is -2.42. The Bertz CT molecular complexity index is 1360. The minimum absolute atomic E-state index is 0.0103. The molecule has 0 aromatic heterocycles. The molecular formula is C35H48N4O8. The molecular weight excluding hydrogens is 604 g/mol. The predicted octanol–water partition coefficient (Wildman–Crippen LogP) is 5.65. The fraction of sp³-hybridized carbons (Fsp3) is 0.543. The third-order valence-electron chi connectivity index (χ3n) is 7.60. The minimum atomic E-state index is -0.852. The van der Waals surface area contributed by atoms with Gasteiger partial charge >= 0.3 is 18.3 Å². The van der Waals surface area contributed by atoms with Crippen LogP contribution in [0.25, 0.3) is 0 Å². The van der Waals surface area contributed by atoms with Crippen molar-refractivity contribution in [2.24, 2.45) is 0 Å². The number of rotatable bonds is 8. The molecule has 2 fully saturated rings. The van der Waals surface area contributed by atoms with Gasteiger partial charge in [-0.1, -0.05) is 60.7 Å². The second-order valence-corrected chi connectivity index (χ2v) is 13.9. The number of amides is 4. The molecule has 1 unspecified atom stereocenters. The maximum Gasteiger partial charge on any atom is 0.434 e. The molecule has 2 aliphatic rings. The quantitative estimate of drug-likeness (QED) is 0.286. The zero-order chi connectivity index (χ0) is 34.2. The van der Waals surface area contributed by atoms with Crippen LogP contribution in [0, 0.1) is 0 Å². The average Bonchev–Trinajstić information content (AvgIpc) is 3.47. The smallest absolute Gasteiger partial charge is 0.434 e. The van der Waals surface area contributed by atoms with Crippen molar-refractivity contribution >= 4 is 24.2 Å². The maximum atomic E-state index is 13.7. The van der Waals surface area contributed by atoms with Crippen LogP contribution < -0.4 is 5.32 Å². The van der Waals surface area contributed by atoms with Crippen LogP contribution >= 0.6 is 0 Å². The molecule has 2 aromatic rings. The Morgan fingerprint density at radius 2 is 1.36 bits per heavy atom. The average molecular weight is 653 g/mol. The van der Waals surface area contributed by atoms with Crippen molar-refractivity contribution in [1.82, 2.24) is 20.2 Å². The van der Waals surface area contributed by atoms with E-state index in [1.54, 1.807) is 46.4 Å². The summed E-state index contributed by atoms with van der Waals surface area (Å²) >= 11 is 0. The van der Waals surface area contributed by atoms with E-state index in [0.717, 1.165) is 11.1 Å². The van der Waals surface area contributed by atoms with Crippen molar-refractivity contribution in [1.29, 1.82) is 0 Å². The van der Waals surface area contributed by atoms with Crippen molar-refractivity contribution in [2.45, 2.75) is 103 Å². The fourth-order valence-corrected chi connectivity index (χ4v) is 5.42. The molecule has 12 heteroatoms. The summed E-state index contributed by atoms with van der Waals surface area (Å²) in [7, 11) is 0. The first-order valence-electron chi connectivity index (χ1n) is 16.1. The molecule has 4 amide bonds. The second kappa shape index (κ2) is 15.5. The van der Waals surface area contributed by atoms with Gasteiger partial charge < -0.3 is 24.4 Å². The van der Waals surface area contributed by atoms with Gasteiger partial charge in [0.2, 0.25) is 5.91 Å². The van der Waals surface area contributed by atoms with Gasteiger partial charge in [-0.05, 0) is 71.9 Å². The lowest BCUT2D eigenvalue weighted by molar-refractivity contribution is -0.189. The van der Waals surface area contributed by atoms with Crippen molar-refractivity contribution < 1.29 is 38.2 Å². The van der Waals surface area contributed by atoms with E-state index in [9.17, 15) is 19.2 Å². The van der Waals surface area contributed by atoms with Crippen LogP contribution in [0.5, 0.6) is 0 Å². The van der Waals surface area contributed by atoms with E-state index in [1.165, 1.54) is 9.96 Å². The van der Waals surface area contributed by atoms with E-state index < -0.39 is 41.6 Å². The highest BCUT2D eigenvalue weighted by molar-refractivity contribution is 5.86. The Hall–Kier alpha value is -4.32. The summed E-state index contributed by atoms with van der Waals surface area (Å²) in [5.41, 5.74) is 0.147. The molecule has 2 saturated heterocycles. The molecule has 12 nitrogen and oxygen atoms in total. The highest BCUT2D eigenvalue weighted by Crippen LogP contribution is 2.27. The minimum Gasteiger partial charge on any atom is -0.445 e. The Morgan fingerprint density at radius 3 is 1.96 bits per heavy atom. The fourth-order valence-electron chi connectivity index (χ4n) is 5.42. The number of nitrogens with zero attached hydrogens (tertiary/aromatic N) is 3. The number of ether oxygens (including phenoxy) is 3. The van der Waals surface area contributed by atoms with E-state index in [4.69, 9.17) is 19.0 Å². The summed E-state index contributed by atoms with van der Waals surface area (Å²) in [6.45, 7) is 11.5. The number of piperidine rings is 1. The number of likely N-dealkylation sites (tertiary alicyclic amines) is 2. The van der Waals surface area contributed by atoms with Gasteiger partial charge in [-0.2, -0.15) is 5.06 Å². The molecule has 256 valence electrons. The molecule has 0 spiro atoms. The highest BCUT2D eigenvalue weighted by Gasteiger charge is 2.43. The van der Waals surface area contributed by atoms with Crippen molar-refractivity contribution in [3.05, 3.63) is 71.8 Å². The molecule has 2 aromatic carbocycles. The zero-order valence-electron chi connectivity index (χ0n) is 28.3. The molecule has 1 N–H and O–H groups in total. The number of benzene rings is 2. The number of carbonyl (C=O) groups is 4. The molecule has 2 heterocycles. The number of hydrogen-bond acceptors (Lipinski definition) is 8.